The first-order valence-corrected chi connectivity index (χ1v) is 15.2. The number of carbonyl (C=O) groups excluding carboxylic acids is 2. The summed E-state index contributed by atoms with van der Waals surface area (Å²) in [4.78, 5) is 39.4. The molecule has 1 unspecified atom stereocenters. The monoisotopic (exact) mass is 578 g/mol. The highest BCUT2D eigenvalue weighted by molar-refractivity contribution is 7.92. The first kappa shape index (κ1) is 30.4. The molecule has 2 aromatic carbocycles. The summed E-state index contributed by atoms with van der Waals surface area (Å²) in [5, 5.41) is 15.0. The second-order valence-corrected chi connectivity index (χ2v) is 12.3. The van der Waals surface area contributed by atoms with Gasteiger partial charge in [0.2, 0.25) is 21.8 Å². The Bertz CT molecular complexity index is 1300. The number of aryl methyl sites for hydroxylation is 1. The molecule has 1 atom stereocenters. The predicted octanol–water partition coefficient (Wildman–Crippen LogP) is 4.58. The van der Waals surface area contributed by atoms with Crippen molar-refractivity contribution in [3.63, 3.8) is 0 Å². The number of hydrogen-bond acceptors (Lipinski definition) is 6. The van der Waals surface area contributed by atoms with Crippen LogP contribution in [0.1, 0.15) is 56.6 Å². The van der Waals surface area contributed by atoms with Crippen LogP contribution < -0.4 is 9.62 Å². The van der Waals surface area contributed by atoms with Gasteiger partial charge in [-0.25, -0.2) is 8.42 Å². The van der Waals surface area contributed by atoms with Gasteiger partial charge in [0, 0.05) is 29.7 Å². The Morgan fingerprint density at radius 3 is 2.33 bits per heavy atom. The standard InChI is InChI=1S/C27H35ClN4O6S/c1-4-24(27(34)29-22-8-6-5-7-9-22)30(17-20-11-13-21(28)14-12-20)26(33)18-31(39(3,37)38)25-16-23(32(35)36)15-10-19(25)2/h10-16,22,24H,4-9,17-18H2,1-3H3,(H,29,34). The van der Waals surface area contributed by atoms with Gasteiger partial charge in [-0.3, -0.25) is 24.0 Å². The molecule has 1 N–H and O–H groups in total. The second-order valence-electron chi connectivity index (χ2n) is 9.91. The molecule has 0 aromatic heterocycles. The fourth-order valence-electron chi connectivity index (χ4n) is 4.83. The molecule has 212 valence electrons. The van der Waals surface area contributed by atoms with Crippen LogP contribution in [-0.4, -0.2) is 54.9 Å². The largest absolute Gasteiger partial charge is 0.352 e. The molecule has 39 heavy (non-hydrogen) atoms. The van der Waals surface area contributed by atoms with E-state index in [0.717, 1.165) is 48.7 Å². The van der Waals surface area contributed by atoms with Crippen LogP contribution in [0, 0.1) is 17.0 Å². The Morgan fingerprint density at radius 2 is 1.77 bits per heavy atom. The van der Waals surface area contributed by atoms with Gasteiger partial charge < -0.3 is 10.2 Å². The van der Waals surface area contributed by atoms with Gasteiger partial charge in [-0.1, -0.05) is 56.0 Å². The molecule has 0 bridgehead atoms. The quantitative estimate of drug-likeness (QED) is 0.307. The molecule has 10 nitrogen and oxygen atoms in total. The van der Waals surface area contributed by atoms with E-state index in [1.807, 2.05) is 0 Å². The summed E-state index contributed by atoms with van der Waals surface area (Å²) in [6, 6.07) is 9.89. The van der Waals surface area contributed by atoms with E-state index in [1.165, 1.54) is 17.0 Å². The van der Waals surface area contributed by atoms with Gasteiger partial charge in [-0.15, -0.1) is 0 Å². The molecule has 2 aromatic rings. The lowest BCUT2D eigenvalue weighted by Crippen LogP contribution is -2.54. The van der Waals surface area contributed by atoms with Crippen molar-refractivity contribution in [3.05, 3.63) is 68.7 Å². The van der Waals surface area contributed by atoms with Crippen LogP contribution in [-0.2, 0) is 26.2 Å². The van der Waals surface area contributed by atoms with Gasteiger partial charge in [0.1, 0.15) is 12.6 Å². The van der Waals surface area contributed by atoms with E-state index in [2.05, 4.69) is 5.32 Å². The van der Waals surface area contributed by atoms with Crippen LogP contribution in [0.5, 0.6) is 0 Å². The van der Waals surface area contributed by atoms with Crippen molar-refractivity contribution in [2.75, 3.05) is 17.1 Å². The molecule has 0 saturated heterocycles. The minimum absolute atomic E-state index is 0.0335. The van der Waals surface area contributed by atoms with Gasteiger partial charge in [0.05, 0.1) is 16.9 Å². The number of carbonyl (C=O) groups is 2. The van der Waals surface area contributed by atoms with Gasteiger partial charge in [-0.05, 0) is 49.4 Å². The summed E-state index contributed by atoms with van der Waals surface area (Å²) < 4.78 is 26.6. The van der Waals surface area contributed by atoms with Crippen molar-refractivity contribution in [1.82, 2.24) is 10.2 Å². The Hall–Kier alpha value is -3.18. The Labute approximate surface area is 234 Å². The molecule has 0 aliphatic heterocycles. The van der Waals surface area contributed by atoms with Crippen molar-refractivity contribution >= 4 is 44.8 Å². The third-order valence-electron chi connectivity index (χ3n) is 6.96. The lowest BCUT2D eigenvalue weighted by molar-refractivity contribution is -0.384. The highest BCUT2D eigenvalue weighted by Crippen LogP contribution is 2.28. The van der Waals surface area contributed by atoms with Gasteiger partial charge in [0.25, 0.3) is 5.69 Å². The molecule has 1 aliphatic rings. The average Bonchev–Trinajstić information content (AvgIpc) is 2.88. The third kappa shape index (κ3) is 8.15. The van der Waals surface area contributed by atoms with Crippen LogP contribution in [0.25, 0.3) is 0 Å². The van der Waals surface area contributed by atoms with Crippen LogP contribution in [0.2, 0.25) is 5.02 Å². The van der Waals surface area contributed by atoms with Crippen LogP contribution in [0.15, 0.2) is 42.5 Å². The third-order valence-corrected chi connectivity index (χ3v) is 8.33. The van der Waals surface area contributed by atoms with E-state index in [4.69, 9.17) is 11.6 Å². The number of nitrogens with one attached hydrogen (secondary N) is 1. The van der Waals surface area contributed by atoms with Gasteiger partial charge >= 0.3 is 0 Å². The maximum Gasteiger partial charge on any atom is 0.271 e. The molecule has 0 radical (unpaired) electrons. The number of non-ortho nitro benzene ring substituents is 1. The van der Waals surface area contributed by atoms with E-state index < -0.39 is 33.4 Å². The number of nitro benzene ring substituents is 1. The number of rotatable bonds is 11. The lowest BCUT2D eigenvalue weighted by atomic mass is 9.95. The first-order chi connectivity index (χ1) is 18.4. The number of amides is 2. The second kappa shape index (κ2) is 13.3. The highest BCUT2D eigenvalue weighted by Gasteiger charge is 2.33. The minimum atomic E-state index is -4.02. The Morgan fingerprint density at radius 1 is 1.13 bits per heavy atom. The molecular weight excluding hydrogens is 544 g/mol. The van der Waals surface area contributed by atoms with Gasteiger partial charge in [0.15, 0.2) is 0 Å². The molecule has 0 spiro atoms. The van der Waals surface area contributed by atoms with Gasteiger partial charge in [-0.2, -0.15) is 0 Å². The smallest absolute Gasteiger partial charge is 0.271 e. The molecule has 2 amide bonds. The summed E-state index contributed by atoms with van der Waals surface area (Å²) in [6.45, 7) is 2.84. The molecule has 0 heterocycles. The zero-order valence-electron chi connectivity index (χ0n) is 22.4. The maximum atomic E-state index is 13.9. The number of anilines is 1. The fourth-order valence-corrected chi connectivity index (χ4v) is 5.85. The van der Waals surface area contributed by atoms with Crippen molar-refractivity contribution in [2.45, 2.75) is 71.0 Å². The number of halogens is 1. The lowest BCUT2D eigenvalue weighted by Gasteiger charge is -2.34. The predicted molar refractivity (Wildman–Crippen MR) is 151 cm³/mol. The van der Waals surface area contributed by atoms with Crippen molar-refractivity contribution in [1.29, 1.82) is 0 Å². The molecule has 1 fully saturated rings. The molecular formula is C27H35ClN4O6S. The minimum Gasteiger partial charge on any atom is -0.352 e. The summed E-state index contributed by atoms with van der Waals surface area (Å²) >= 11 is 6.03. The summed E-state index contributed by atoms with van der Waals surface area (Å²) in [5.41, 5.74) is 0.901. The van der Waals surface area contributed by atoms with E-state index in [1.54, 1.807) is 38.1 Å². The van der Waals surface area contributed by atoms with Crippen molar-refractivity contribution in [2.24, 2.45) is 0 Å². The first-order valence-electron chi connectivity index (χ1n) is 13.0. The molecule has 12 heteroatoms. The van der Waals surface area contributed by atoms with Crippen molar-refractivity contribution in [3.8, 4) is 0 Å². The number of hydrogen-bond donors (Lipinski definition) is 1. The normalized spacial score (nSPS) is 14.9. The Balaban J connectivity index is 1.97. The summed E-state index contributed by atoms with van der Waals surface area (Å²) in [6.07, 6.45) is 6.19. The average molecular weight is 579 g/mol. The fraction of sp³-hybridized carbons (Fsp3) is 0.481. The van der Waals surface area contributed by atoms with Crippen molar-refractivity contribution < 1.29 is 22.9 Å². The number of nitro groups is 1. The maximum absolute atomic E-state index is 13.9. The summed E-state index contributed by atoms with van der Waals surface area (Å²) in [7, 11) is -4.02. The van der Waals surface area contributed by atoms with Crippen LogP contribution in [0.3, 0.4) is 0 Å². The molecule has 3 rings (SSSR count). The van der Waals surface area contributed by atoms with E-state index in [9.17, 15) is 28.1 Å². The SMILES string of the molecule is CCC(C(=O)NC1CCCCC1)N(Cc1ccc(Cl)cc1)C(=O)CN(c1cc([N+](=O)[O-])ccc1C)S(C)(=O)=O. The van der Waals surface area contributed by atoms with E-state index in [-0.39, 0.29) is 29.9 Å². The number of nitrogens with zero attached hydrogens (tertiary/aromatic N) is 3. The zero-order chi connectivity index (χ0) is 28.7. The van der Waals surface area contributed by atoms with Crippen LogP contribution in [0.4, 0.5) is 11.4 Å². The van der Waals surface area contributed by atoms with E-state index >= 15 is 0 Å². The number of benzene rings is 2. The van der Waals surface area contributed by atoms with Crippen LogP contribution >= 0.6 is 11.6 Å². The summed E-state index contributed by atoms with van der Waals surface area (Å²) in [5.74, 6) is -0.893. The Kier molecular flexibility index (Phi) is 10.3. The topological polar surface area (TPSA) is 130 Å². The van der Waals surface area contributed by atoms with E-state index in [0.29, 0.717) is 22.6 Å². The zero-order valence-corrected chi connectivity index (χ0v) is 24.0. The number of sulfonamides is 1. The molecule has 1 aliphatic carbocycles. The highest BCUT2D eigenvalue weighted by atomic mass is 35.5. The molecule has 1 saturated carbocycles.